The first-order valence-corrected chi connectivity index (χ1v) is 8.10. The molecule has 0 bridgehead atoms. The minimum Gasteiger partial charge on any atom is -0.489 e. The fourth-order valence-corrected chi connectivity index (χ4v) is 2.49. The number of rotatable bonds is 6. The number of aromatic nitrogens is 3. The zero-order valence-electron chi connectivity index (χ0n) is 13.8. The molecule has 0 fully saturated rings. The smallest absolute Gasteiger partial charge is 0.489 e. The second-order valence-electron chi connectivity index (χ2n) is 5.36. The second kappa shape index (κ2) is 7.85. The van der Waals surface area contributed by atoms with Crippen LogP contribution in [0, 0.1) is 0 Å². The van der Waals surface area contributed by atoms with E-state index in [1.54, 1.807) is 28.9 Å². The summed E-state index contributed by atoms with van der Waals surface area (Å²) in [6, 6.07) is 10.8. The molecule has 142 valence electrons. The van der Waals surface area contributed by atoms with Crippen molar-refractivity contribution in [3.05, 3.63) is 65.2 Å². The summed E-state index contributed by atoms with van der Waals surface area (Å²) in [5.74, 6) is 0.547. The molecule has 0 aliphatic heterocycles. The van der Waals surface area contributed by atoms with Gasteiger partial charge in [0.15, 0.2) is 5.82 Å². The highest BCUT2D eigenvalue weighted by atomic mass is 35.5. The van der Waals surface area contributed by atoms with Crippen LogP contribution in [0.2, 0.25) is 5.02 Å². The number of benzene rings is 2. The number of ether oxygens (including phenoxy) is 2. The zero-order valence-corrected chi connectivity index (χ0v) is 14.5. The van der Waals surface area contributed by atoms with Gasteiger partial charge in [0.05, 0.1) is 22.8 Å². The monoisotopic (exact) mass is 398 g/mol. The van der Waals surface area contributed by atoms with Crippen molar-refractivity contribution >= 4 is 11.6 Å². The molecule has 1 aromatic heterocycles. The summed E-state index contributed by atoms with van der Waals surface area (Å²) >= 11 is 5.99. The Balaban J connectivity index is 1.72. The van der Waals surface area contributed by atoms with Crippen LogP contribution in [0.15, 0.2) is 48.8 Å². The molecule has 3 aromatic rings. The molecule has 27 heavy (non-hydrogen) atoms. The standard InChI is InChI=1S/C17H14ClF3N4O2/c18-14-2-1-3-15(27-17(19,20)21)13(14)9-26-12-6-4-11(5-7-12)25-10-23-16(8-22)24-25/h1-7,10H,8-9,22H2. The summed E-state index contributed by atoms with van der Waals surface area (Å²) in [7, 11) is 0. The minimum atomic E-state index is -4.82. The molecule has 6 nitrogen and oxygen atoms in total. The molecular formula is C17H14ClF3N4O2. The normalized spacial score (nSPS) is 11.4. The van der Waals surface area contributed by atoms with Gasteiger partial charge in [0.25, 0.3) is 0 Å². The number of nitrogens with zero attached hydrogens (tertiary/aromatic N) is 3. The number of alkyl halides is 3. The Morgan fingerprint density at radius 1 is 1.11 bits per heavy atom. The van der Waals surface area contributed by atoms with Crippen molar-refractivity contribution in [1.82, 2.24) is 14.8 Å². The van der Waals surface area contributed by atoms with Gasteiger partial charge in [-0.3, -0.25) is 0 Å². The Morgan fingerprint density at radius 2 is 1.85 bits per heavy atom. The summed E-state index contributed by atoms with van der Waals surface area (Å²) in [5, 5.41) is 4.29. The first-order chi connectivity index (χ1) is 12.9. The molecule has 2 aromatic carbocycles. The van der Waals surface area contributed by atoms with Gasteiger partial charge >= 0.3 is 6.36 Å². The van der Waals surface area contributed by atoms with Gasteiger partial charge in [-0.1, -0.05) is 17.7 Å². The molecule has 10 heteroatoms. The zero-order chi connectivity index (χ0) is 19.4. The lowest BCUT2D eigenvalue weighted by molar-refractivity contribution is -0.275. The largest absolute Gasteiger partial charge is 0.573 e. The van der Waals surface area contributed by atoms with E-state index in [4.69, 9.17) is 22.1 Å². The van der Waals surface area contributed by atoms with Crippen molar-refractivity contribution in [1.29, 1.82) is 0 Å². The lowest BCUT2D eigenvalue weighted by Crippen LogP contribution is -2.18. The van der Waals surface area contributed by atoms with E-state index in [-0.39, 0.29) is 23.7 Å². The van der Waals surface area contributed by atoms with E-state index in [0.717, 1.165) is 5.69 Å². The maximum atomic E-state index is 12.5. The Kier molecular flexibility index (Phi) is 5.52. The molecule has 0 atom stereocenters. The van der Waals surface area contributed by atoms with E-state index in [1.807, 2.05) is 0 Å². The van der Waals surface area contributed by atoms with E-state index >= 15 is 0 Å². The predicted octanol–water partition coefficient (Wildman–Crippen LogP) is 3.86. The van der Waals surface area contributed by atoms with E-state index in [1.165, 1.54) is 24.5 Å². The molecule has 3 rings (SSSR count). The summed E-state index contributed by atoms with van der Waals surface area (Å²) in [5.41, 5.74) is 6.30. The molecule has 2 N–H and O–H groups in total. The minimum absolute atomic E-state index is 0.101. The van der Waals surface area contributed by atoms with Crippen LogP contribution in [0.4, 0.5) is 13.2 Å². The molecule has 0 aliphatic rings. The molecular weight excluding hydrogens is 385 g/mol. The maximum Gasteiger partial charge on any atom is 0.573 e. The van der Waals surface area contributed by atoms with Gasteiger partial charge in [-0.2, -0.15) is 0 Å². The lowest BCUT2D eigenvalue weighted by Gasteiger charge is -2.15. The predicted molar refractivity (Wildman–Crippen MR) is 91.7 cm³/mol. The van der Waals surface area contributed by atoms with Crippen LogP contribution < -0.4 is 15.2 Å². The quantitative estimate of drug-likeness (QED) is 0.682. The fraction of sp³-hybridized carbons (Fsp3) is 0.176. The van der Waals surface area contributed by atoms with Crippen molar-refractivity contribution in [2.24, 2.45) is 5.73 Å². The van der Waals surface area contributed by atoms with E-state index in [2.05, 4.69) is 14.8 Å². The van der Waals surface area contributed by atoms with Gasteiger partial charge in [-0.15, -0.1) is 18.3 Å². The molecule has 0 radical (unpaired) electrons. The third-order valence-corrected chi connectivity index (χ3v) is 3.86. The molecule has 0 unspecified atom stereocenters. The topological polar surface area (TPSA) is 75.2 Å². The van der Waals surface area contributed by atoms with E-state index < -0.39 is 12.1 Å². The summed E-state index contributed by atoms with van der Waals surface area (Å²) in [6.07, 6.45) is -3.29. The summed E-state index contributed by atoms with van der Waals surface area (Å²) < 4.78 is 48.7. The van der Waals surface area contributed by atoms with Crippen LogP contribution in [0.25, 0.3) is 5.69 Å². The highest BCUT2D eigenvalue weighted by molar-refractivity contribution is 6.31. The van der Waals surface area contributed by atoms with Crippen molar-refractivity contribution in [2.75, 3.05) is 0 Å². The van der Waals surface area contributed by atoms with Crippen molar-refractivity contribution in [3.63, 3.8) is 0 Å². The first-order valence-electron chi connectivity index (χ1n) is 7.72. The summed E-state index contributed by atoms with van der Waals surface area (Å²) in [6.45, 7) is 0.0411. The number of halogens is 4. The van der Waals surface area contributed by atoms with Crippen molar-refractivity contribution in [2.45, 2.75) is 19.5 Å². The maximum absolute atomic E-state index is 12.5. The van der Waals surface area contributed by atoms with E-state index in [0.29, 0.717) is 11.6 Å². The Labute approximate surface area is 157 Å². The van der Waals surface area contributed by atoms with Crippen LogP contribution >= 0.6 is 11.6 Å². The molecule has 1 heterocycles. The molecule has 0 saturated carbocycles. The molecule has 0 saturated heterocycles. The molecule has 0 spiro atoms. The third kappa shape index (κ3) is 4.89. The van der Waals surface area contributed by atoms with E-state index in [9.17, 15) is 13.2 Å². The number of hydrogen-bond donors (Lipinski definition) is 1. The van der Waals surface area contributed by atoms with Crippen LogP contribution in [0.5, 0.6) is 11.5 Å². The Morgan fingerprint density at radius 3 is 2.48 bits per heavy atom. The van der Waals surface area contributed by atoms with Crippen molar-refractivity contribution in [3.8, 4) is 17.2 Å². The van der Waals surface area contributed by atoms with Gasteiger partial charge in [0.2, 0.25) is 0 Å². The van der Waals surface area contributed by atoms with Gasteiger partial charge in [-0.05, 0) is 36.4 Å². The summed E-state index contributed by atoms with van der Waals surface area (Å²) in [4.78, 5) is 4.03. The van der Waals surface area contributed by atoms with Gasteiger partial charge in [0.1, 0.15) is 24.4 Å². The highest BCUT2D eigenvalue weighted by Crippen LogP contribution is 2.32. The number of nitrogens with two attached hydrogens (primary N) is 1. The highest BCUT2D eigenvalue weighted by Gasteiger charge is 2.32. The van der Waals surface area contributed by atoms with Crippen LogP contribution in [-0.2, 0) is 13.2 Å². The number of hydrogen-bond acceptors (Lipinski definition) is 5. The van der Waals surface area contributed by atoms with Crippen LogP contribution in [0.3, 0.4) is 0 Å². The lowest BCUT2D eigenvalue weighted by atomic mass is 10.2. The first kappa shape index (κ1) is 19.0. The van der Waals surface area contributed by atoms with Gasteiger partial charge < -0.3 is 15.2 Å². The van der Waals surface area contributed by atoms with Gasteiger partial charge in [-0.25, -0.2) is 9.67 Å². The molecule has 0 aliphatic carbocycles. The Bertz CT molecular complexity index is 913. The average Bonchev–Trinajstić information content (AvgIpc) is 3.10. The molecule has 0 amide bonds. The fourth-order valence-electron chi connectivity index (χ4n) is 2.27. The average molecular weight is 399 g/mol. The SMILES string of the molecule is NCc1ncn(-c2ccc(OCc3c(Cl)cccc3OC(F)(F)F)cc2)n1. The Hall–Kier alpha value is -2.78. The third-order valence-electron chi connectivity index (χ3n) is 3.51. The van der Waals surface area contributed by atoms with Gasteiger partial charge in [0, 0.05) is 0 Å². The second-order valence-corrected chi connectivity index (χ2v) is 5.76. The van der Waals surface area contributed by atoms with Crippen LogP contribution in [0.1, 0.15) is 11.4 Å². The van der Waals surface area contributed by atoms with Crippen LogP contribution in [-0.4, -0.2) is 21.1 Å². The van der Waals surface area contributed by atoms with Crippen molar-refractivity contribution < 1.29 is 22.6 Å².